The zero-order valence-corrected chi connectivity index (χ0v) is 20.9. The van der Waals surface area contributed by atoms with Crippen LogP contribution in [0.2, 0.25) is 5.02 Å². The van der Waals surface area contributed by atoms with Gasteiger partial charge in [-0.1, -0.05) is 25.4 Å². The Morgan fingerprint density at radius 3 is 2.18 bits per heavy atom. The summed E-state index contributed by atoms with van der Waals surface area (Å²) < 4.78 is 29.5. The molecule has 1 heterocycles. The molecule has 1 aromatic heterocycles. The summed E-state index contributed by atoms with van der Waals surface area (Å²) >= 11 is 5.90. The molecule has 0 atom stereocenters. The SMILES string of the molecule is CC.COc1cc(F)c(C=O)cc1OC.Cc1nc2cc(Cl)ccc2n1C(=O)OC(C)(C)C. The lowest BCUT2D eigenvalue weighted by molar-refractivity contribution is 0.0540. The van der Waals surface area contributed by atoms with Crippen LogP contribution in [0.5, 0.6) is 11.5 Å². The number of hydrogen-bond acceptors (Lipinski definition) is 6. The first-order valence-electron chi connectivity index (χ1n) is 10.3. The van der Waals surface area contributed by atoms with Crippen molar-refractivity contribution in [1.29, 1.82) is 0 Å². The lowest BCUT2D eigenvalue weighted by Gasteiger charge is -2.20. The number of methoxy groups -OCH3 is 2. The van der Waals surface area contributed by atoms with Crippen LogP contribution in [-0.4, -0.2) is 41.8 Å². The number of fused-ring (bicyclic) bond motifs is 1. The number of imidazole rings is 1. The molecule has 0 aliphatic rings. The zero-order chi connectivity index (χ0) is 25.3. The van der Waals surface area contributed by atoms with Crippen molar-refractivity contribution in [2.75, 3.05) is 14.2 Å². The van der Waals surface area contributed by atoms with Gasteiger partial charge < -0.3 is 14.2 Å². The highest BCUT2D eigenvalue weighted by atomic mass is 35.5. The monoisotopic (exact) mass is 480 g/mol. The number of ether oxygens (including phenoxy) is 3. The van der Waals surface area contributed by atoms with Gasteiger partial charge in [0.15, 0.2) is 17.8 Å². The standard InChI is InChI=1S/C13H15ClN2O2.C9H9FO3.C2H6/c1-8-15-10-7-9(14)5-6-11(10)16(8)12(17)18-13(2,3)4;1-12-8-3-6(5-11)7(10)4-9(8)13-2;1-2/h5-7H,1-4H3;3-5H,1-2H3;1-2H3. The van der Waals surface area contributed by atoms with E-state index in [9.17, 15) is 14.0 Å². The minimum absolute atomic E-state index is 0.0438. The molecule has 0 fully saturated rings. The maximum atomic E-state index is 13.0. The Kier molecular flexibility index (Phi) is 10.3. The Morgan fingerprint density at radius 1 is 1.09 bits per heavy atom. The maximum Gasteiger partial charge on any atom is 0.420 e. The van der Waals surface area contributed by atoms with E-state index >= 15 is 0 Å². The minimum atomic E-state index is -0.618. The molecule has 0 amide bonds. The molecular weight excluding hydrogens is 451 g/mol. The maximum absolute atomic E-state index is 13.0. The quantitative estimate of drug-likeness (QED) is 0.400. The normalized spacial score (nSPS) is 10.4. The number of carbonyl (C=O) groups is 2. The third kappa shape index (κ3) is 7.46. The lowest BCUT2D eigenvalue weighted by Crippen LogP contribution is -2.27. The van der Waals surface area contributed by atoms with Crippen LogP contribution in [-0.2, 0) is 4.74 Å². The molecule has 3 aromatic rings. The fourth-order valence-corrected chi connectivity index (χ4v) is 2.84. The fourth-order valence-electron chi connectivity index (χ4n) is 2.67. The van der Waals surface area contributed by atoms with Gasteiger partial charge in [-0.05, 0) is 52.0 Å². The highest BCUT2D eigenvalue weighted by Gasteiger charge is 2.21. The van der Waals surface area contributed by atoms with Gasteiger partial charge in [-0.3, -0.25) is 4.79 Å². The topological polar surface area (TPSA) is 79.7 Å². The summed E-state index contributed by atoms with van der Waals surface area (Å²) in [5, 5.41) is 0.594. The third-order valence-corrected chi connectivity index (χ3v) is 4.23. The number of aryl methyl sites for hydroxylation is 1. The van der Waals surface area contributed by atoms with Crippen molar-refractivity contribution in [1.82, 2.24) is 9.55 Å². The van der Waals surface area contributed by atoms with Gasteiger partial charge in [0.1, 0.15) is 17.2 Å². The summed E-state index contributed by atoms with van der Waals surface area (Å²) in [6.07, 6.45) is 0.00178. The molecule has 0 spiro atoms. The van der Waals surface area contributed by atoms with Gasteiger partial charge in [-0.2, -0.15) is 0 Å². The second kappa shape index (κ2) is 12.2. The second-order valence-corrected chi connectivity index (χ2v) is 7.89. The van der Waals surface area contributed by atoms with E-state index in [1.54, 1.807) is 25.1 Å². The summed E-state index contributed by atoms with van der Waals surface area (Å²) in [5.41, 5.74) is 0.807. The van der Waals surface area contributed by atoms with Gasteiger partial charge in [-0.15, -0.1) is 0 Å². The molecule has 0 unspecified atom stereocenters. The Labute approximate surface area is 198 Å². The Morgan fingerprint density at radius 2 is 1.67 bits per heavy atom. The molecule has 0 bridgehead atoms. The van der Waals surface area contributed by atoms with Crippen LogP contribution in [0.15, 0.2) is 30.3 Å². The Hall–Kier alpha value is -3.13. The number of nitrogens with zero attached hydrogens (tertiary/aromatic N) is 2. The first-order valence-corrected chi connectivity index (χ1v) is 10.6. The predicted octanol–water partition coefficient (Wildman–Crippen LogP) is 6.46. The summed E-state index contributed by atoms with van der Waals surface area (Å²) in [4.78, 5) is 26.8. The molecule has 0 saturated carbocycles. The van der Waals surface area contributed by atoms with E-state index in [1.807, 2.05) is 34.6 Å². The summed E-state index contributed by atoms with van der Waals surface area (Å²) in [5.74, 6) is 0.575. The average molecular weight is 481 g/mol. The lowest BCUT2D eigenvalue weighted by atomic mass is 10.2. The largest absolute Gasteiger partial charge is 0.493 e. The molecule has 0 N–H and O–H groups in total. The Balaban J connectivity index is 0.000000322. The second-order valence-electron chi connectivity index (χ2n) is 7.45. The number of aldehydes is 1. The van der Waals surface area contributed by atoms with Crippen LogP contribution in [0.4, 0.5) is 9.18 Å². The number of benzene rings is 2. The highest BCUT2D eigenvalue weighted by molar-refractivity contribution is 6.31. The first-order chi connectivity index (χ1) is 15.5. The van der Waals surface area contributed by atoms with E-state index in [0.717, 1.165) is 6.07 Å². The number of carbonyl (C=O) groups excluding carboxylic acids is 2. The van der Waals surface area contributed by atoms with Crippen LogP contribution < -0.4 is 9.47 Å². The van der Waals surface area contributed by atoms with Crippen molar-refractivity contribution >= 4 is 35.0 Å². The van der Waals surface area contributed by atoms with Crippen molar-refractivity contribution in [3.05, 3.63) is 52.6 Å². The van der Waals surface area contributed by atoms with Gasteiger partial charge in [0.2, 0.25) is 0 Å². The molecule has 0 radical (unpaired) electrons. The molecule has 3 rings (SSSR count). The molecule has 0 aliphatic carbocycles. The fraction of sp³-hybridized carbons (Fsp3) is 0.375. The van der Waals surface area contributed by atoms with Crippen LogP contribution in [0, 0.1) is 12.7 Å². The van der Waals surface area contributed by atoms with Crippen molar-refractivity contribution in [3.8, 4) is 11.5 Å². The molecule has 0 saturated heterocycles. The average Bonchev–Trinajstić information content (AvgIpc) is 3.09. The summed E-state index contributed by atoms with van der Waals surface area (Å²) in [6, 6.07) is 7.63. The van der Waals surface area contributed by atoms with Crippen molar-refractivity contribution in [3.63, 3.8) is 0 Å². The number of halogens is 2. The molecule has 33 heavy (non-hydrogen) atoms. The number of hydrogen-bond donors (Lipinski definition) is 0. The van der Waals surface area contributed by atoms with Gasteiger partial charge in [0.05, 0.1) is 30.8 Å². The molecule has 7 nitrogen and oxygen atoms in total. The van der Waals surface area contributed by atoms with Crippen LogP contribution in [0.3, 0.4) is 0 Å². The molecule has 2 aromatic carbocycles. The van der Waals surface area contributed by atoms with Crippen molar-refractivity contribution in [2.24, 2.45) is 0 Å². The molecule has 180 valence electrons. The smallest absolute Gasteiger partial charge is 0.420 e. The minimum Gasteiger partial charge on any atom is -0.493 e. The zero-order valence-electron chi connectivity index (χ0n) is 20.2. The molecular formula is C24H30ClFN2O5. The summed E-state index contributed by atoms with van der Waals surface area (Å²) in [6.45, 7) is 11.3. The Bertz CT molecular complexity index is 1110. The van der Waals surface area contributed by atoms with Gasteiger partial charge >= 0.3 is 6.09 Å². The van der Waals surface area contributed by atoms with Crippen molar-refractivity contribution in [2.45, 2.75) is 47.1 Å². The van der Waals surface area contributed by atoms with Crippen LogP contribution >= 0.6 is 11.6 Å². The van der Waals surface area contributed by atoms with E-state index in [-0.39, 0.29) is 11.3 Å². The summed E-state index contributed by atoms with van der Waals surface area (Å²) in [7, 11) is 2.82. The van der Waals surface area contributed by atoms with Gasteiger partial charge in [0.25, 0.3) is 0 Å². The highest BCUT2D eigenvalue weighted by Crippen LogP contribution is 2.29. The molecule has 9 heteroatoms. The van der Waals surface area contributed by atoms with E-state index < -0.39 is 17.5 Å². The van der Waals surface area contributed by atoms with Crippen LogP contribution in [0.1, 0.15) is 50.8 Å². The van der Waals surface area contributed by atoms with E-state index in [0.29, 0.717) is 33.9 Å². The van der Waals surface area contributed by atoms with Crippen molar-refractivity contribution < 1.29 is 28.2 Å². The van der Waals surface area contributed by atoms with E-state index in [1.165, 1.54) is 24.9 Å². The van der Waals surface area contributed by atoms with Crippen LogP contribution in [0.25, 0.3) is 11.0 Å². The third-order valence-electron chi connectivity index (χ3n) is 3.99. The van der Waals surface area contributed by atoms with E-state index in [2.05, 4.69) is 4.98 Å². The number of rotatable bonds is 3. The van der Waals surface area contributed by atoms with Gasteiger partial charge in [-0.25, -0.2) is 18.7 Å². The first kappa shape index (κ1) is 27.9. The van der Waals surface area contributed by atoms with E-state index in [4.69, 9.17) is 25.8 Å². The van der Waals surface area contributed by atoms with Gasteiger partial charge in [0, 0.05) is 11.1 Å². The molecule has 0 aliphatic heterocycles. The number of aromatic nitrogens is 2. The predicted molar refractivity (Wildman–Crippen MR) is 127 cm³/mol.